The Kier molecular flexibility index (Phi) is 4.14. The van der Waals surface area contributed by atoms with Gasteiger partial charge in [0.15, 0.2) is 0 Å². The third kappa shape index (κ3) is 3.53. The highest BCUT2D eigenvalue weighted by molar-refractivity contribution is 6.28. The van der Waals surface area contributed by atoms with Crippen molar-refractivity contribution in [1.29, 1.82) is 0 Å². The summed E-state index contributed by atoms with van der Waals surface area (Å²) in [5.74, 6) is 1.12. The van der Waals surface area contributed by atoms with Crippen molar-refractivity contribution >= 4 is 23.5 Å². The molecule has 3 rings (SSSR count). The minimum atomic E-state index is -0.712. The Labute approximate surface area is 128 Å². The molecule has 0 aromatic carbocycles. The molecule has 1 aromatic rings. The molecule has 0 spiro atoms. The number of hydrogen-bond acceptors (Lipinski definition) is 7. The van der Waals surface area contributed by atoms with Gasteiger partial charge in [-0.1, -0.05) is 0 Å². The van der Waals surface area contributed by atoms with Gasteiger partial charge in [-0.25, -0.2) is 0 Å². The molecule has 8 heteroatoms. The number of aromatic nitrogens is 3. The summed E-state index contributed by atoms with van der Waals surface area (Å²) in [5.41, 5.74) is -0.712. The van der Waals surface area contributed by atoms with Crippen LogP contribution in [0, 0.1) is 0 Å². The molecule has 1 atom stereocenters. The van der Waals surface area contributed by atoms with Gasteiger partial charge in [0.2, 0.25) is 17.2 Å². The highest BCUT2D eigenvalue weighted by Crippen LogP contribution is 2.25. The lowest BCUT2D eigenvalue weighted by molar-refractivity contribution is 0.0444. The third-order valence-corrected chi connectivity index (χ3v) is 4.01. The smallest absolute Gasteiger partial charge is 0.231 e. The molecule has 116 valence electrons. The second kappa shape index (κ2) is 5.90. The van der Waals surface area contributed by atoms with Gasteiger partial charge in [0.25, 0.3) is 0 Å². The Bertz CT molecular complexity index is 507. The van der Waals surface area contributed by atoms with Crippen molar-refractivity contribution in [3.05, 3.63) is 5.28 Å². The summed E-state index contributed by atoms with van der Waals surface area (Å²) in [7, 11) is 0. The highest BCUT2D eigenvalue weighted by atomic mass is 35.5. The van der Waals surface area contributed by atoms with E-state index in [9.17, 15) is 5.11 Å². The third-order valence-electron chi connectivity index (χ3n) is 3.84. The first-order chi connectivity index (χ1) is 10.0. The molecule has 2 fully saturated rings. The second-order valence-electron chi connectivity index (χ2n) is 5.83. The zero-order valence-corrected chi connectivity index (χ0v) is 12.9. The van der Waals surface area contributed by atoms with Gasteiger partial charge in [-0.3, -0.25) is 0 Å². The lowest BCUT2D eigenvalue weighted by atomic mass is 9.95. The molecular weight excluding hydrogens is 294 g/mol. The first-order valence-electron chi connectivity index (χ1n) is 7.25. The van der Waals surface area contributed by atoms with E-state index in [2.05, 4.69) is 15.0 Å². The normalized spacial score (nSPS) is 27.0. The topological polar surface area (TPSA) is 74.6 Å². The molecule has 0 amide bonds. The van der Waals surface area contributed by atoms with Crippen LogP contribution in [0.3, 0.4) is 0 Å². The molecule has 2 saturated heterocycles. The summed E-state index contributed by atoms with van der Waals surface area (Å²) in [6, 6.07) is 0. The Morgan fingerprint density at radius 2 is 1.76 bits per heavy atom. The molecule has 0 aliphatic carbocycles. The fourth-order valence-electron chi connectivity index (χ4n) is 2.77. The SMILES string of the molecule is CC1(O)CCCN(c2nc(Cl)nc(N3CCOCC3)n2)C1. The van der Waals surface area contributed by atoms with Crippen LogP contribution in [0.25, 0.3) is 0 Å². The maximum atomic E-state index is 10.2. The van der Waals surface area contributed by atoms with Gasteiger partial charge in [-0.2, -0.15) is 15.0 Å². The van der Waals surface area contributed by atoms with Gasteiger partial charge < -0.3 is 19.6 Å². The lowest BCUT2D eigenvalue weighted by Gasteiger charge is -2.37. The number of anilines is 2. The van der Waals surface area contributed by atoms with Crippen LogP contribution in [-0.2, 0) is 4.74 Å². The van der Waals surface area contributed by atoms with Crippen LogP contribution in [0.2, 0.25) is 5.28 Å². The number of aliphatic hydroxyl groups is 1. The van der Waals surface area contributed by atoms with Crippen molar-refractivity contribution in [1.82, 2.24) is 15.0 Å². The molecule has 21 heavy (non-hydrogen) atoms. The second-order valence-corrected chi connectivity index (χ2v) is 6.16. The Morgan fingerprint density at radius 3 is 2.43 bits per heavy atom. The van der Waals surface area contributed by atoms with Crippen molar-refractivity contribution < 1.29 is 9.84 Å². The Balaban J connectivity index is 1.83. The van der Waals surface area contributed by atoms with E-state index in [0.29, 0.717) is 31.7 Å². The summed E-state index contributed by atoms with van der Waals surface area (Å²) < 4.78 is 5.34. The van der Waals surface area contributed by atoms with E-state index in [0.717, 1.165) is 32.5 Å². The van der Waals surface area contributed by atoms with Crippen LogP contribution in [-0.4, -0.2) is 65.1 Å². The van der Waals surface area contributed by atoms with E-state index >= 15 is 0 Å². The van der Waals surface area contributed by atoms with Gasteiger partial charge in [0.1, 0.15) is 0 Å². The molecule has 7 nitrogen and oxygen atoms in total. The first kappa shape index (κ1) is 14.7. The van der Waals surface area contributed by atoms with E-state index in [1.54, 1.807) is 0 Å². The van der Waals surface area contributed by atoms with Crippen LogP contribution in [0.5, 0.6) is 0 Å². The van der Waals surface area contributed by atoms with Gasteiger partial charge in [0.05, 0.1) is 18.8 Å². The van der Waals surface area contributed by atoms with Crippen LogP contribution >= 0.6 is 11.6 Å². The number of hydrogen-bond donors (Lipinski definition) is 1. The number of β-amino-alcohol motifs (C(OH)–C–C–N with tert-alkyl or cyclic N) is 1. The van der Waals surface area contributed by atoms with Crippen LogP contribution in [0.1, 0.15) is 19.8 Å². The first-order valence-corrected chi connectivity index (χ1v) is 7.63. The van der Waals surface area contributed by atoms with Crippen LogP contribution in [0.15, 0.2) is 0 Å². The minimum Gasteiger partial charge on any atom is -0.388 e. The summed E-state index contributed by atoms with van der Waals surface area (Å²) in [6.45, 7) is 5.99. The number of nitrogens with zero attached hydrogens (tertiary/aromatic N) is 5. The van der Waals surface area contributed by atoms with Crippen molar-refractivity contribution in [2.75, 3.05) is 49.2 Å². The molecule has 1 N–H and O–H groups in total. The van der Waals surface area contributed by atoms with Gasteiger partial charge >= 0.3 is 0 Å². The number of halogens is 1. The largest absolute Gasteiger partial charge is 0.388 e. The van der Waals surface area contributed by atoms with E-state index in [-0.39, 0.29) is 5.28 Å². The standard InChI is InChI=1S/C13H20ClN5O2/c1-13(20)3-2-4-19(9-13)12-16-10(14)15-11(17-12)18-5-7-21-8-6-18/h20H,2-9H2,1H3. The fourth-order valence-corrected chi connectivity index (χ4v) is 2.92. The van der Waals surface area contributed by atoms with Crippen molar-refractivity contribution in [3.63, 3.8) is 0 Å². The molecule has 0 bridgehead atoms. The molecule has 2 aliphatic heterocycles. The van der Waals surface area contributed by atoms with E-state index in [1.165, 1.54) is 0 Å². The van der Waals surface area contributed by atoms with Crippen LogP contribution < -0.4 is 9.80 Å². The number of rotatable bonds is 2. The predicted molar refractivity (Wildman–Crippen MR) is 79.9 cm³/mol. The zero-order valence-electron chi connectivity index (χ0n) is 12.1. The number of piperidine rings is 1. The zero-order chi connectivity index (χ0) is 14.9. The summed E-state index contributed by atoms with van der Waals surface area (Å²) in [6.07, 6.45) is 1.70. The predicted octanol–water partition coefficient (Wildman–Crippen LogP) is 0.713. The summed E-state index contributed by atoms with van der Waals surface area (Å²) >= 11 is 6.05. The minimum absolute atomic E-state index is 0.187. The Morgan fingerprint density at radius 1 is 1.10 bits per heavy atom. The van der Waals surface area contributed by atoms with E-state index in [4.69, 9.17) is 16.3 Å². The van der Waals surface area contributed by atoms with Crippen LogP contribution in [0.4, 0.5) is 11.9 Å². The van der Waals surface area contributed by atoms with Crippen molar-refractivity contribution in [2.45, 2.75) is 25.4 Å². The average molecular weight is 314 g/mol. The maximum Gasteiger partial charge on any atom is 0.231 e. The van der Waals surface area contributed by atoms with Gasteiger partial charge in [-0.05, 0) is 31.4 Å². The maximum absolute atomic E-state index is 10.2. The van der Waals surface area contributed by atoms with Gasteiger partial charge in [0, 0.05) is 26.2 Å². The monoisotopic (exact) mass is 313 g/mol. The molecule has 3 heterocycles. The number of morpholine rings is 1. The fraction of sp³-hybridized carbons (Fsp3) is 0.769. The van der Waals surface area contributed by atoms with E-state index in [1.807, 2.05) is 16.7 Å². The van der Waals surface area contributed by atoms with Crippen molar-refractivity contribution in [3.8, 4) is 0 Å². The average Bonchev–Trinajstić information content (AvgIpc) is 2.46. The Hall–Kier alpha value is -1.18. The molecular formula is C13H20ClN5O2. The molecule has 1 aromatic heterocycles. The molecule has 2 aliphatic rings. The molecule has 0 radical (unpaired) electrons. The lowest BCUT2D eigenvalue weighted by Crippen LogP contribution is -2.47. The van der Waals surface area contributed by atoms with E-state index < -0.39 is 5.60 Å². The van der Waals surface area contributed by atoms with Crippen molar-refractivity contribution in [2.24, 2.45) is 0 Å². The van der Waals surface area contributed by atoms with Gasteiger partial charge in [-0.15, -0.1) is 0 Å². The molecule has 1 unspecified atom stereocenters. The quantitative estimate of drug-likeness (QED) is 0.862. The molecule has 0 saturated carbocycles. The summed E-state index contributed by atoms with van der Waals surface area (Å²) in [5, 5.41) is 10.4. The highest BCUT2D eigenvalue weighted by Gasteiger charge is 2.30. The number of ether oxygens (including phenoxy) is 1. The summed E-state index contributed by atoms with van der Waals surface area (Å²) in [4.78, 5) is 17.0.